The summed E-state index contributed by atoms with van der Waals surface area (Å²) in [5, 5.41) is 0. The van der Waals surface area contributed by atoms with Crippen LogP contribution in [0, 0.1) is 80.8 Å². The summed E-state index contributed by atoms with van der Waals surface area (Å²) in [6, 6.07) is 0. The molecule has 0 saturated heterocycles. The number of hydrogen-bond acceptors (Lipinski definition) is 8. The molecule has 2 bridgehead atoms. The van der Waals surface area contributed by atoms with Crippen LogP contribution in [0.25, 0.3) is 0 Å². The maximum atomic E-state index is 5.55. The lowest BCUT2D eigenvalue weighted by Gasteiger charge is -2.39. The molecular weight excluding hydrogens is 1090 g/mol. The zero-order valence-electron chi connectivity index (χ0n) is 63.3. The molecule has 0 spiro atoms. The quantitative estimate of drug-likeness (QED) is 0.0659. The number of ether oxygens (including phenoxy) is 8. The van der Waals surface area contributed by atoms with Crippen molar-refractivity contribution in [2.24, 2.45) is 80.8 Å². The lowest BCUT2D eigenvalue weighted by Crippen LogP contribution is -2.29. The van der Waals surface area contributed by atoms with Gasteiger partial charge in [-0.05, 0) is 245 Å². The minimum absolute atomic E-state index is 0.329. The van der Waals surface area contributed by atoms with E-state index in [2.05, 4.69) is 130 Å². The van der Waals surface area contributed by atoms with Crippen LogP contribution in [-0.2, 0) is 37.9 Å². The zero-order valence-corrected chi connectivity index (χ0v) is 63.3. The van der Waals surface area contributed by atoms with Crippen molar-refractivity contribution >= 4 is 0 Å². The highest BCUT2D eigenvalue weighted by molar-refractivity contribution is 5.10. The van der Waals surface area contributed by atoms with Crippen LogP contribution < -0.4 is 0 Å². The molecule has 6 unspecified atom stereocenters. The third kappa shape index (κ3) is 42.7. The van der Waals surface area contributed by atoms with E-state index in [9.17, 15) is 0 Å². The van der Waals surface area contributed by atoms with E-state index < -0.39 is 0 Å². The van der Waals surface area contributed by atoms with Gasteiger partial charge in [0.2, 0.25) is 0 Å². The van der Waals surface area contributed by atoms with Gasteiger partial charge in [-0.25, -0.2) is 0 Å². The predicted molar refractivity (Wildman–Crippen MR) is 383 cm³/mol. The first-order valence-corrected chi connectivity index (χ1v) is 38.5. The Hall–Kier alpha value is -0.580. The molecule has 0 aliphatic heterocycles. The monoisotopic (exact) mass is 1250 g/mol. The van der Waals surface area contributed by atoms with Crippen molar-refractivity contribution in [3.05, 3.63) is 12.2 Å². The summed E-state index contributed by atoms with van der Waals surface area (Å²) in [5.41, 5.74) is 1.57. The van der Waals surface area contributed by atoms with Crippen LogP contribution in [0.15, 0.2) is 12.2 Å². The van der Waals surface area contributed by atoms with Crippen molar-refractivity contribution in [3.63, 3.8) is 0 Å². The lowest BCUT2D eigenvalue weighted by molar-refractivity contribution is 0.0421. The van der Waals surface area contributed by atoms with Gasteiger partial charge in [-0.2, -0.15) is 0 Å². The van der Waals surface area contributed by atoms with E-state index in [0.717, 1.165) is 165 Å². The Morgan fingerprint density at radius 3 is 1.11 bits per heavy atom. The van der Waals surface area contributed by atoms with E-state index in [1.54, 1.807) is 0 Å². The summed E-state index contributed by atoms with van der Waals surface area (Å²) in [6.07, 6.45) is 44.3. The fourth-order valence-corrected chi connectivity index (χ4v) is 14.0. The van der Waals surface area contributed by atoms with E-state index in [4.69, 9.17) is 37.9 Å². The second kappa shape index (κ2) is 54.6. The van der Waals surface area contributed by atoms with Gasteiger partial charge in [-0.15, -0.1) is 0 Å². The standard InChI is InChI=1S/C15H28O.C13H24O.C10H16O.C10H22O.C9H20O.C8H16O.C8H18O.C7H16O/c1-2-16-12-13-8-10-15(11-9-13)14-6-4-3-5-7-14;1-2-14-10-11-7-8-12-5-3-4-6-13(12)9-11;1-2-11-7-10-6-8-3-4-9(10)5-8;1-5-10(6-2,7-3)9-11-8-4;1-5-9(4,6-2)8-10-7-3;1-2-9-7-8-5-3-4-6-8;1-5-8(3,4)7-9-6-2;1-5-8-6-7(2,3)4/h13-15H,2-12H2,1H3;11-13H,2-10H2,1H3;3-4,8-10H,2,5-7H2,1H3;5-9H2,1-4H3;5-8H2,1-4H3;8H,2-7H2,1H3;5-7H2,1-4H3;5-6H2,1-4H3. The Kier molecular flexibility index (Phi) is 54.3. The van der Waals surface area contributed by atoms with Crippen LogP contribution in [0.2, 0.25) is 0 Å². The minimum atomic E-state index is 0.329. The van der Waals surface area contributed by atoms with Crippen molar-refractivity contribution < 1.29 is 37.9 Å². The number of rotatable bonds is 30. The third-order valence-corrected chi connectivity index (χ3v) is 21.6. The van der Waals surface area contributed by atoms with Crippen LogP contribution in [0.4, 0.5) is 0 Å². The van der Waals surface area contributed by atoms with Crippen molar-refractivity contribution in [3.8, 4) is 0 Å². The summed E-state index contributed by atoms with van der Waals surface area (Å²) in [6.45, 7) is 57.7. The van der Waals surface area contributed by atoms with Gasteiger partial charge >= 0.3 is 0 Å². The summed E-state index contributed by atoms with van der Waals surface area (Å²) in [5.74, 6) is 9.53. The van der Waals surface area contributed by atoms with Gasteiger partial charge in [-0.1, -0.05) is 166 Å². The van der Waals surface area contributed by atoms with Gasteiger partial charge < -0.3 is 37.9 Å². The molecule has 88 heavy (non-hydrogen) atoms. The molecule has 528 valence electrons. The molecule has 0 aromatic heterocycles. The first kappa shape index (κ1) is 87.4. The predicted octanol–water partition coefficient (Wildman–Crippen LogP) is 23.1. The lowest BCUT2D eigenvalue weighted by atomic mass is 9.68. The second-order valence-electron chi connectivity index (χ2n) is 30.2. The van der Waals surface area contributed by atoms with E-state index in [1.807, 2.05) is 20.8 Å². The third-order valence-electron chi connectivity index (χ3n) is 21.6. The largest absolute Gasteiger partial charge is 0.381 e. The zero-order chi connectivity index (χ0) is 66.0. The summed E-state index contributed by atoms with van der Waals surface area (Å²) >= 11 is 0. The molecule has 6 saturated carbocycles. The average molecular weight is 1250 g/mol. The molecule has 7 rings (SSSR count). The SMILES string of the molecule is CCOCC(C)(C)C.CCOCC(C)(C)CC.CCOCC(C)(CC)CC.CCOCC(CC)(CC)CC.CCOCC1CC2C=CC1C2.CCOCC1CCC(C2CCCCC2)CC1.CCOCC1CCC2CCCCC2C1.CCOCC1CCCC1. The van der Waals surface area contributed by atoms with Crippen molar-refractivity contribution in [2.45, 2.75) is 318 Å². The Morgan fingerprint density at radius 1 is 0.307 bits per heavy atom. The molecule has 0 aromatic rings. The van der Waals surface area contributed by atoms with Crippen LogP contribution in [0.3, 0.4) is 0 Å². The molecule has 6 atom stereocenters. The summed E-state index contributed by atoms with van der Waals surface area (Å²) in [7, 11) is 0. The van der Waals surface area contributed by atoms with Gasteiger partial charge in [0, 0.05) is 79.3 Å². The van der Waals surface area contributed by atoms with E-state index in [1.165, 1.54) is 180 Å². The average Bonchev–Trinajstić information content (AvgIpc) is 4.50. The Labute approximate surface area is 552 Å². The number of allylic oxidation sites excluding steroid dienone is 2. The molecular formula is C80H160O8. The molecule has 7 aliphatic carbocycles. The van der Waals surface area contributed by atoms with E-state index in [0.29, 0.717) is 21.7 Å². The molecule has 6 fully saturated rings. The fourth-order valence-electron chi connectivity index (χ4n) is 14.0. The smallest absolute Gasteiger partial charge is 0.0521 e. The van der Waals surface area contributed by atoms with E-state index >= 15 is 0 Å². The summed E-state index contributed by atoms with van der Waals surface area (Å²) in [4.78, 5) is 0. The van der Waals surface area contributed by atoms with Crippen molar-refractivity contribution in [1.82, 2.24) is 0 Å². The molecule has 0 N–H and O–H groups in total. The summed E-state index contributed by atoms with van der Waals surface area (Å²) < 4.78 is 43.2. The maximum absolute atomic E-state index is 5.55. The Balaban J connectivity index is 0.000000994. The fraction of sp³-hybridized carbons (Fsp3) is 0.975. The highest BCUT2D eigenvalue weighted by Crippen LogP contribution is 2.45. The normalized spacial score (nSPS) is 24.4. The van der Waals surface area contributed by atoms with E-state index in [-0.39, 0.29) is 0 Å². The highest BCUT2D eigenvalue weighted by atomic mass is 16.5. The first-order valence-electron chi connectivity index (χ1n) is 38.5. The van der Waals surface area contributed by atoms with Crippen LogP contribution in [0.1, 0.15) is 318 Å². The topological polar surface area (TPSA) is 73.8 Å². The van der Waals surface area contributed by atoms with Crippen LogP contribution >= 0.6 is 0 Å². The maximum Gasteiger partial charge on any atom is 0.0521 e. The molecule has 0 aromatic carbocycles. The molecule has 8 heteroatoms. The van der Waals surface area contributed by atoms with Gasteiger partial charge in [0.25, 0.3) is 0 Å². The Morgan fingerprint density at radius 2 is 0.693 bits per heavy atom. The molecule has 8 nitrogen and oxygen atoms in total. The van der Waals surface area contributed by atoms with Gasteiger partial charge in [0.15, 0.2) is 0 Å². The number of fused-ring (bicyclic) bond motifs is 3. The van der Waals surface area contributed by atoms with Crippen molar-refractivity contribution in [1.29, 1.82) is 0 Å². The molecule has 0 heterocycles. The van der Waals surface area contributed by atoms with Gasteiger partial charge in [-0.3, -0.25) is 0 Å². The first-order chi connectivity index (χ1) is 42.2. The van der Waals surface area contributed by atoms with Crippen LogP contribution in [-0.4, -0.2) is 106 Å². The van der Waals surface area contributed by atoms with Gasteiger partial charge in [0.05, 0.1) is 26.4 Å². The number of hydrogen-bond donors (Lipinski definition) is 0. The molecule has 0 amide bonds. The highest BCUT2D eigenvalue weighted by Gasteiger charge is 2.36. The Bertz CT molecular complexity index is 1490. The second-order valence-corrected chi connectivity index (χ2v) is 30.2. The molecule has 7 aliphatic rings. The minimum Gasteiger partial charge on any atom is -0.381 e. The molecule has 0 radical (unpaired) electrons. The van der Waals surface area contributed by atoms with Crippen LogP contribution in [0.5, 0.6) is 0 Å². The van der Waals surface area contributed by atoms with Gasteiger partial charge in [0.1, 0.15) is 0 Å². The van der Waals surface area contributed by atoms with Crippen molar-refractivity contribution in [2.75, 3.05) is 106 Å².